The van der Waals surface area contributed by atoms with Crippen LogP contribution in [0.3, 0.4) is 0 Å². The lowest BCUT2D eigenvalue weighted by Gasteiger charge is -2.23. The van der Waals surface area contributed by atoms with Crippen LogP contribution in [-0.2, 0) is 4.79 Å². The largest absolute Gasteiger partial charge is 0.507 e. The molecule has 4 aromatic rings. The number of hydrogen-bond acceptors (Lipinski definition) is 9. The van der Waals surface area contributed by atoms with Gasteiger partial charge in [-0.15, -0.1) is 0 Å². The van der Waals surface area contributed by atoms with Crippen LogP contribution in [-0.4, -0.2) is 54.3 Å². The lowest BCUT2D eigenvalue weighted by atomic mass is 9.83. The number of aromatic hydroxyl groups is 6. The van der Waals surface area contributed by atoms with Gasteiger partial charge >= 0.3 is 5.97 Å². The van der Waals surface area contributed by atoms with Crippen molar-refractivity contribution in [3.63, 3.8) is 0 Å². The fourth-order valence-corrected chi connectivity index (χ4v) is 5.60. The van der Waals surface area contributed by atoms with Crippen LogP contribution in [0.5, 0.6) is 34.5 Å². The number of rotatable bonds is 6. The highest BCUT2D eigenvalue weighted by molar-refractivity contribution is 6.14. The Morgan fingerprint density at radius 2 is 0.953 bits per heavy atom. The maximum Gasteiger partial charge on any atom is 0.327 e. The van der Waals surface area contributed by atoms with E-state index in [9.17, 15) is 45.0 Å². The lowest BCUT2D eigenvalue weighted by molar-refractivity contribution is -0.131. The fraction of sp³-hybridized carbons (Fsp3) is 0.242. The first-order chi connectivity index (χ1) is 20.1. The smallest absolute Gasteiger partial charge is 0.327 e. The molecular weight excluding hydrogens is 556 g/mol. The Morgan fingerprint density at radius 3 is 1.19 bits per heavy atom. The van der Waals surface area contributed by atoms with E-state index < -0.39 is 40.5 Å². The van der Waals surface area contributed by atoms with E-state index in [4.69, 9.17) is 5.11 Å². The third kappa shape index (κ3) is 5.16. The van der Waals surface area contributed by atoms with Crippen LogP contribution in [0.4, 0.5) is 0 Å². The molecule has 10 heteroatoms. The number of aldehydes is 2. The van der Waals surface area contributed by atoms with Crippen LogP contribution < -0.4 is 0 Å². The van der Waals surface area contributed by atoms with Gasteiger partial charge in [-0.3, -0.25) is 9.59 Å². The molecule has 0 heterocycles. The van der Waals surface area contributed by atoms with Crippen molar-refractivity contribution < 1.29 is 50.1 Å². The van der Waals surface area contributed by atoms with Gasteiger partial charge in [0.2, 0.25) is 0 Å². The zero-order valence-electron chi connectivity index (χ0n) is 24.6. The minimum Gasteiger partial charge on any atom is -0.507 e. The average molecular weight is 591 g/mol. The summed E-state index contributed by atoms with van der Waals surface area (Å²) >= 11 is 0. The Kier molecular flexibility index (Phi) is 8.95. The number of carboxylic acid groups (broad SMARTS) is 1. The highest BCUT2D eigenvalue weighted by Crippen LogP contribution is 2.54. The zero-order valence-corrected chi connectivity index (χ0v) is 24.6. The average Bonchev–Trinajstić information content (AvgIpc) is 2.92. The first-order valence-corrected chi connectivity index (χ1v) is 13.3. The highest BCUT2D eigenvalue weighted by atomic mass is 16.4. The Hall–Kier alpha value is -5.25. The summed E-state index contributed by atoms with van der Waals surface area (Å²) in [5, 5.41) is 74.0. The number of aryl methyl sites for hydroxylation is 2. The summed E-state index contributed by atoms with van der Waals surface area (Å²) in [5.74, 6) is -4.55. The molecule has 0 aromatic heterocycles. The van der Waals surface area contributed by atoms with E-state index in [1.807, 2.05) is 0 Å². The van der Waals surface area contributed by atoms with Gasteiger partial charge in [-0.1, -0.05) is 46.4 Å². The molecule has 4 rings (SSSR count). The topological polar surface area (TPSA) is 193 Å². The zero-order chi connectivity index (χ0) is 32.7. The van der Waals surface area contributed by atoms with E-state index in [0.717, 1.165) is 6.08 Å². The molecule has 0 unspecified atom stereocenters. The van der Waals surface area contributed by atoms with E-state index >= 15 is 0 Å². The number of carbonyl (C=O) groups excluding carboxylic acids is 2. The predicted molar refractivity (Wildman–Crippen MR) is 163 cm³/mol. The van der Waals surface area contributed by atoms with E-state index in [0.29, 0.717) is 45.6 Å². The molecule has 0 aliphatic rings. The molecule has 10 nitrogen and oxygen atoms in total. The minimum absolute atomic E-state index is 0.00512. The van der Waals surface area contributed by atoms with Gasteiger partial charge in [0.15, 0.2) is 35.6 Å². The highest BCUT2D eigenvalue weighted by Gasteiger charge is 2.29. The molecule has 4 aromatic carbocycles. The molecule has 0 amide bonds. The molecular formula is C33H34O10. The van der Waals surface area contributed by atoms with E-state index in [1.54, 1.807) is 53.7 Å². The van der Waals surface area contributed by atoms with Crippen molar-refractivity contribution in [1.82, 2.24) is 0 Å². The Bertz CT molecular complexity index is 1710. The standard InChI is InChI=1S/C30H30O8.C3H4O2/c1-11(2)19-15-7-13(5)21(27(35)23(15)17(9-31)25(33)29(19)37)22-14(6)8-16-20(12(3)4)30(38)26(34)18(10-32)24(16)28(22)36;1-2-3(4)5/h7-12,33-38H,1-6H3;2H,1H2,(H,4,5). The SMILES string of the molecule is C=CC(=O)O.Cc1cc2c(C(C)C)c(O)c(O)c(C=O)c2c(O)c1-c1c(C)cc2c(C(C)C)c(O)c(O)c(C=O)c2c1O. The van der Waals surface area contributed by atoms with Crippen LogP contribution in [0.15, 0.2) is 24.8 Å². The fourth-order valence-electron chi connectivity index (χ4n) is 5.60. The van der Waals surface area contributed by atoms with Gasteiger partial charge in [-0.05, 0) is 47.6 Å². The number of fused-ring (bicyclic) bond motifs is 2. The Labute approximate surface area is 247 Å². The Morgan fingerprint density at radius 1 is 0.651 bits per heavy atom. The van der Waals surface area contributed by atoms with E-state index in [1.165, 1.54) is 0 Å². The number of aliphatic carboxylic acids is 1. The molecule has 0 radical (unpaired) electrons. The maximum atomic E-state index is 12.0. The summed E-state index contributed by atoms with van der Waals surface area (Å²) in [4.78, 5) is 33.3. The molecule has 0 aliphatic carbocycles. The van der Waals surface area contributed by atoms with Gasteiger partial charge in [0.25, 0.3) is 0 Å². The van der Waals surface area contributed by atoms with Gasteiger partial charge in [0.05, 0.1) is 11.1 Å². The Balaban J connectivity index is 0.000000934. The first-order valence-electron chi connectivity index (χ1n) is 13.3. The van der Waals surface area contributed by atoms with Crippen LogP contribution in [0.1, 0.15) is 82.5 Å². The third-order valence-electron chi connectivity index (χ3n) is 7.40. The maximum absolute atomic E-state index is 12.0. The summed E-state index contributed by atoms with van der Waals surface area (Å²) in [6, 6.07) is 3.31. The molecule has 43 heavy (non-hydrogen) atoms. The molecule has 0 spiro atoms. The normalized spacial score (nSPS) is 11.1. The number of benzene rings is 4. The molecule has 0 saturated carbocycles. The number of phenolic OH excluding ortho intramolecular Hbond substituents is 6. The van der Waals surface area contributed by atoms with Gasteiger partial charge in [-0.2, -0.15) is 0 Å². The van der Waals surface area contributed by atoms with Crippen molar-refractivity contribution in [1.29, 1.82) is 0 Å². The van der Waals surface area contributed by atoms with Crippen molar-refractivity contribution in [2.24, 2.45) is 0 Å². The van der Waals surface area contributed by atoms with Gasteiger partial charge in [0.1, 0.15) is 11.5 Å². The molecule has 0 atom stereocenters. The van der Waals surface area contributed by atoms with E-state index in [-0.39, 0.29) is 44.9 Å². The summed E-state index contributed by atoms with van der Waals surface area (Å²) in [6.07, 6.45) is 1.52. The second-order valence-electron chi connectivity index (χ2n) is 10.8. The van der Waals surface area contributed by atoms with Gasteiger partial charge < -0.3 is 35.7 Å². The first kappa shape index (κ1) is 32.3. The van der Waals surface area contributed by atoms with Crippen LogP contribution in [0.25, 0.3) is 32.7 Å². The van der Waals surface area contributed by atoms with Crippen molar-refractivity contribution in [3.05, 3.63) is 58.2 Å². The summed E-state index contributed by atoms with van der Waals surface area (Å²) in [6.45, 7) is 13.5. The summed E-state index contributed by atoms with van der Waals surface area (Å²) in [7, 11) is 0. The molecule has 0 fully saturated rings. The second-order valence-corrected chi connectivity index (χ2v) is 10.8. The number of carbonyl (C=O) groups is 3. The number of carboxylic acids is 1. The predicted octanol–water partition coefficient (Wildman–Crippen LogP) is 6.64. The van der Waals surface area contributed by atoms with Crippen LogP contribution >= 0.6 is 0 Å². The number of hydrogen-bond donors (Lipinski definition) is 7. The molecule has 0 saturated heterocycles. The monoisotopic (exact) mass is 590 g/mol. The molecule has 0 bridgehead atoms. The third-order valence-corrected chi connectivity index (χ3v) is 7.40. The van der Waals surface area contributed by atoms with Crippen LogP contribution in [0, 0.1) is 13.8 Å². The van der Waals surface area contributed by atoms with Gasteiger partial charge in [-0.25, -0.2) is 4.79 Å². The van der Waals surface area contributed by atoms with Crippen molar-refractivity contribution in [3.8, 4) is 45.6 Å². The minimum atomic E-state index is -0.981. The van der Waals surface area contributed by atoms with Crippen LogP contribution in [0.2, 0.25) is 0 Å². The van der Waals surface area contributed by atoms with E-state index in [2.05, 4.69) is 6.58 Å². The molecule has 7 N–H and O–H groups in total. The van der Waals surface area contributed by atoms with Crippen molar-refractivity contribution in [2.45, 2.75) is 53.4 Å². The van der Waals surface area contributed by atoms with Crippen molar-refractivity contribution >= 4 is 40.1 Å². The quantitative estimate of drug-likeness (QED) is 0.0727. The number of phenols is 6. The summed E-state index contributed by atoms with van der Waals surface area (Å²) in [5.41, 5.74) is 1.33. The van der Waals surface area contributed by atoms with Crippen molar-refractivity contribution in [2.75, 3.05) is 0 Å². The molecule has 0 aliphatic heterocycles. The van der Waals surface area contributed by atoms with Gasteiger partial charge in [0, 0.05) is 39.1 Å². The summed E-state index contributed by atoms with van der Waals surface area (Å²) < 4.78 is 0. The lowest BCUT2D eigenvalue weighted by Crippen LogP contribution is -2.01. The molecule has 226 valence electrons. The second kappa shape index (κ2) is 11.9.